The number of para-hydroxylation sites is 1. The molecule has 0 spiro atoms. The third kappa shape index (κ3) is 5.65. The summed E-state index contributed by atoms with van der Waals surface area (Å²) in [5.41, 5.74) is 3.19. The molecular weight excluding hydrogens is 546 g/mol. The Bertz CT molecular complexity index is 1460. The molecule has 2 aliphatic rings. The molecule has 5 rings (SSSR count). The lowest BCUT2D eigenvalue weighted by Gasteiger charge is -2.26. The number of anilines is 1. The highest BCUT2D eigenvalue weighted by Gasteiger charge is 2.79. The number of aliphatic hydroxyl groups excluding tert-OH is 1. The Labute approximate surface area is 228 Å². The minimum atomic E-state index is -4.28. The highest BCUT2D eigenvalue weighted by molar-refractivity contribution is 7.52. The maximum Gasteiger partial charge on any atom is 0.459 e. The molecular formula is C26H28FN4O8P. The van der Waals surface area contributed by atoms with Crippen LogP contribution in [0.3, 0.4) is 0 Å². The molecule has 1 aliphatic carbocycles. The number of nitrogens with zero attached hydrogens (tertiary/aromatic N) is 2. The zero-order valence-corrected chi connectivity index (χ0v) is 22.2. The number of nitrogens with one attached hydrogen (secondary N) is 1. The zero-order valence-electron chi connectivity index (χ0n) is 21.3. The number of carbonyl (C=O) groups is 1. The van der Waals surface area contributed by atoms with Crippen molar-refractivity contribution in [1.29, 1.82) is 0 Å². The van der Waals surface area contributed by atoms with Crippen LogP contribution < -0.4 is 21.0 Å². The number of alkyl halides is 1. The number of hydrogen-bond acceptors (Lipinski definition) is 10. The quantitative estimate of drug-likeness (QED) is 0.227. The molecule has 1 aromatic heterocycles. The lowest BCUT2D eigenvalue weighted by Crippen LogP contribution is -2.40. The summed E-state index contributed by atoms with van der Waals surface area (Å²) in [4.78, 5) is 28.3. The maximum absolute atomic E-state index is 15.6. The summed E-state index contributed by atoms with van der Waals surface area (Å²) in [6.07, 6.45) is -2.84. The Balaban J connectivity index is 1.24. The molecule has 212 valence electrons. The predicted molar refractivity (Wildman–Crippen MR) is 140 cm³/mol. The van der Waals surface area contributed by atoms with Crippen LogP contribution in [0.2, 0.25) is 0 Å². The Morgan fingerprint density at radius 1 is 1.23 bits per heavy atom. The molecule has 40 heavy (non-hydrogen) atoms. The van der Waals surface area contributed by atoms with Gasteiger partial charge in [0.05, 0.1) is 6.61 Å². The van der Waals surface area contributed by atoms with Gasteiger partial charge in [0.15, 0.2) is 5.67 Å². The first-order chi connectivity index (χ1) is 19.1. The van der Waals surface area contributed by atoms with E-state index in [1.165, 1.54) is 31.3 Å². The van der Waals surface area contributed by atoms with Crippen molar-refractivity contribution >= 4 is 19.5 Å². The minimum Gasteiger partial charge on any atom is -0.460 e. The fraction of sp³-hybridized carbons (Fsp3) is 0.346. The highest BCUT2D eigenvalue weighted by Crippen LogP contribution is 2.61. The van der Waals surface area contributed by atoms with Crippen molar-refractivity contribution in [3.05, 3.63) is 89.0 Å². The van der Waals surface area contributed by atoms with E-state index in [-0.39, 0.29) is 18.2 Å². The van der Waals surface area contributed by atoms with Gasteiger partial charge in [0.2, 0.25) is 0 Å². The van der Waals surface area contributed by atoms with Crippen molar-refractivity contribution in [2.45, 2.75) is 49.6 Å². The summed E-state index contributed by atoms with van der Waals surface area (Å²) in [5.74, 6) is -0.556. The van der Waals surface area contributed by atoms with Crippen molar-refractivity contribution in [2.75, 3.05) is 12.3 Å². The summed E-state index contributed by atoms with van der Waals surface area (Å²) >= 11 is 0. The van der Waals surface area contributed by atoms with Gasteiger partial charge in [-0.1, -0.05) is 48.5 Å². The average molecular weight is 575 g/mol. The molecule has 4 N–H and O–H groups in total. The molecule has 2 fully saturated rings. The van der Waals surface area contributed by atoms with E-state index in [0.29, 0.717) is 0 Å². The molecule has 2 aromatic carbocycles. The van der Waals surface area contributed by atoms with Crippen LogP contribution in [0, 0.1) is 0 Å². The first kappa shape index (κ1) is 27.9. The molecule has 0 amide bonds. The Morgan fingerprint density at radius 3 is 2.52 bits per heavy atom. The van der Waals surface area contributed by atoms with E-state index in [0.717, 1.165) is 10.1 Å². The topological polar surface area (TPSA) is 164 Å². The van der Waals surface area contributed by atoms with Crippen molar-refractivity contribution < 1.29 is 37.4 Å². The Morgan fingerprint density at radius 2 is 1.90 bits per heavy atom. The SMILES string of the molecule is C[C@H](NP(=O)(OCC1OC2[C@@H](n3ccc(N)nc3=O)C2(F)C1O)Oc1ccccc1)C(=O)OCc1ccccc1. The number of hydrogen-bond donors (Lipinski definition) is 3. The minimum absolute atomic E-state index is 0.00620. The second-order valence-electron chi connectivity index (χ2n) is 9.50. The highest BCUT2D eigenvalue weighted by atomic mass is 31.2. The van der Waals surface area contributed by atoms with Crippen LogP contribution in [0.1, 0.15) is 18.5 Å². The number of benzene rings is 2. The van der Waals surface area contributed by atoms with E-state index < -0.39 is 62.1 Å². The van der Waals surface area contributed by atoms with Gasteiger partial charge < -0.3 is 24.8 Å². The van der Waals surface area contributed by atoms with Gasteiger partial charge >= 0.3 is 19.4 Å². The smallest absolute Gasteiger partial charge is 0.459 e. The monoisotopic (exact) mass is 574 g/mol. The molecule has 1 saturated heterocycles. The summed E-state index contributed by atoms with van der Waals surface area (Å²) in [7, 11) is -4.28. The van der Waals surface area contributed by atoms with Gasteiger partial charge in [-0.2, -0.15) is 10.1 Å². The summed E-state index contributed by atoms with van der Waals surface area (Å²) in [6, 6.07) is 16.2. The van der Waals surface area contributed by atoms with E-state index in [1.807, 2.05) is 6.07 Å². The number of ether oxygens (including phenoxy) is 2. The normalized spacial score (nSPS) is 27.3. The van der Waals surface area contributed by atoms with Gasteiger partial charge in [0.1, 0.15) is 48.6 Å². The van der Waals surface area contributed by atoms with Gasteiger partial charge in [0.25, 0.3) is 0 Å². The maximum atomic E-state index is 15.6. The van der Waals surface area contributed by atoms with E-state index in [4.69, 9.17) is 24.3 Å². The summed E-state index contributed by atoms with van der Waals surface area (Å²) in [5, 5.41) is 13.2. The zero-order chi connectivity index (χ0) is 28.5. The molecule has 12 nitrogen and oxygen atoms in total. The van der Waals surface area contributed by atoms with Crippen LogP contribution in [0.15, 0.2) is 77.7 Å². The first-order valence-corrected chi connectivity index (χ1v) is 14.0. The Hall–Kier alpha value is -3.61. The molecule has 1 saturated carbocycles. The van der Waals surface area contributed by atoms with Gasteiger partial charge in [-0.25, -0.2) is 13.8 Å². The molecule has 1 aliphatic heterocycles. The Kier molecular flexibility index (Phi) is 7.76. The molecule has 0 bridgehead atoms. The summed E-state index contributed by atoms with van der Waals surface area (Å²) in [6.45, 7) is 0.882. The largest absolute Gasteiger partial charge is 0.460 e. The van der Waals surface area contributed by atoms with Crippen LogP contribution >= 0.6 is 7.75 Å². The first-order valence-electron chi connectivity index (χ1n) is 12.5. The molecule has 7 atom stereocenters. The third-order valence-electron chi connectivity index (χ3n) is 6.65. The van der Waals surface area contributed by atoms with Crippen LogP contribution in [-0.2, 0) is 30.0 Å². The number of nitrogen functional groups attached to an aromatic ring is 1. The van der Waals surface area contributed by atoms with Crippen molar-refractivity contribution in [3.8, 4) is 5.75 Å². The van der Waals surface area contributed by atoms with Crippen LogP contribution in [0.5, 0.6) is 5.75 Å². The lowest BCUT2D eigenvalue weighted by molar-refractivity contribution is -0.146. The predicted octanol–water partition coefficient (Wildman–Crippen LogP) is 2.14. The van der Waals surface area contributed by atoms with E-state index in [1.54, 1.807) is 42.5 Å². The van der Waals surface area contributed by atoms with Gasteiger partial charge in [0, 0.05) is 6.20 Å². The van der Waals surface area contributed by atoms with Crippen molar-refractivity contribution in [1.82, 2.24) is 14.6 Å². The second-order valence-corrected chi connectivity index (χ2v) is 11.2. The van der Waals surface area contributed by atoms with Crippen LogP contribution in [0.4, 0.5) is 10.2 Å². The summed E-state index contributed by atoms with van der Waals surface area (Å²) < 4.78 is 52.4. The number of fused-ring (bicyclic) bond motifs is 1. The molecule has 0 radical (unpaired) electrons. The molecule has 2 heterocycles. The standard InChI is InChI=1S/C26H28FN4O8P/c1-16(24(33)36-14-17-8-4-2-5-9-17)30-40(35,39-18-10-6-3-7-11-18)37-15-19-22(32)26(27)21(23(26)38-19)31-13-12-20(28)29-25(31)34/h2-13,16,19,21-23,32H,14-15H2,1H3,(H,30,35)(H2,28,29,34)/t16-,19?,21+,22?,23?,26?,40?/m0/s1. The fourth-order valence-electron chi connectivity index (χ4n) is 4.55. The van der Waals surface area contributed by atoms with Gasteiger partial charge in [-0.15, -0.1) is 0 Å². The third-order valence-corrected chi connectivity index (χ3v) is 8.30. The second kappa shape index (κ2) is 11.1. The van der Waals surface area contributed by atoms with E-state index in [2.05, 4.69) is 10.1 Å². The van der Waals surface area contributed by atoms with Crippen molar-refractivity contribution in [2.24, 2.45) is 0 Å². The number of esters is 1. The van der Waals surface area contributed by atoms with Gasteiger partial charge in [-0.05, 0) is 30.7 Å². The number of aromatic nitrogens is 2. The van der Waals surface area contributed by atoms with Gasteiger partial charge in [-0.3, -0.25) is 13.9 Å². The number of aliphatic hydroxyl groups is 1. The lowest BCUT2D eigenvalue weighted by atomic mass is 10.1. The number of carbonyl (C=O) groups excluding carboxylic acids is 1. The fourth-order valence-corrected chi connectivity index (χ4v) is 6.05. The molecule has 14 heteroatoms. The number of rotatable bonds is 11. The van der Waals surface area contributed by atoms with E-state index in [9.17, 15) is 19.3 Å². The van der Waals surface area contributed by atoms with E-state index >= 15 is 4.39 Å². The van der Waals surface area contributed by atoms with Crippen molar-refractivity contribution in [3.63, 3.8) is 0 Å². The van der Waals surface area contributed by atoms with Crippen LogP contribution in [0.25, 0.3) is 0 Å². The molecule has 3 aromatic rings. The average Bonchev–Trinajstić information content (AvgIpc) is 3.44. The number of halogens is 1. The van der Waals surface area contributed by atoms with Crippen LogP contribution in [-0.4, -0.2) is 57.3 Å². The number of nitrogens with two attached hydrogens (primary N) is 1. The molecule has 5 unspecified atom stereocenters.